The largest absolute Gasteiger partial charge is 0.496 e. The van der Waals surface area contributed by atoms with Crippen LogP contribution < -0.4 is 4.74 Å². The summed E-state index contributed by atoms with van der Waals surface area (Å²) in [6, 6.07) is 1.92. The topological polar surface area (TPSA) is 26.3 Å². The molecule has 0 saturated heterocycles. The monoisotopic (exact) mass is 200 g/mol. The summed E-state index contributed by atoms with van der Waals surface area (Å²) in [6.07, 6.45) is 0.0420. The molecule has 0 aromatic heterocycles. The predicted molar refractivity (Wildman–Crippen MR) is 47.3 cm³/mol. The first kappa shape index (κ1) is 10.6. The van der Waals surface area contributed by atoms with Crippen molar-refractivity contribution in [2.24, 2.45) is 0 Å². The molecule has 2 nitrogen and oxygen atoms in total. The van der Waals surface area contributed by atoms with Gasteiger partial charge < -0.3 is 4.74 Å². The van der Waals surface area contributed by atoms with Gasteiger partial charge in [-0.3, -0.25) is 4.79 Å². The molecule has 0 atom stereocenters. The number of carbonyl (C=O) groups excluding carboxylic acids is 1. The van der Waals surface area contributed by atoms with Gasteiger partial charge in [0.05, 0.1) is 7.11 Å². The van der Waals surface area contributed by atoms with E-state index in [0.29, 0.717) is 5.56 Å². The molecule has 0 aliphatic rings. The van der Waals surface area contributed by atoms with Crippen molar-refractivity contribution in [3.63, 3.8) is 0 Å². The van der Waals surface area contributed by atoms with Gasteiger partial charge in [0.15, 0.2) is 11.6 Å². The van der Waals surface area contributed by atoms with E-state index in [9.17, 15) is 13.6 Å². The molecule has 1 aromatic carbocycles. The normalized spacial score (nSPS) is 10.0. The van der Waals surface area contributed by atoms with Crippen LogP contribution in [0.15, 0.2) is 12.1 Å². The van der Waals surface area contributed by atoms with E-state index >= 15 is 0 Å². The molecule has 0 amide bonds. The predicted octanol–water partition coefficient (Wildman–Crippen LogP) is 2.10. The van der Waals surface area contributed by atoms with Gasteiger partial charge in [0.25, 0.3) is 0 Å². The number of ether oxygens (including phenoxy) is 1. The second-order valence-corrected chi connectivity index (χ2v) is 2.96. The molecule has 0 aliphatic carbocycles. The van der Waals surface area contributed by atoms with E-state index < -0.39 is 11.6 Å². The van der Waals surface area contributed by atoms with E-state index in [1.165, 1.54) is 14.0 Å². The Bertz CT molecular complexity index is 361. The lowest BCUT2D eigenvalue weighted by Crippen LogP contribution is -2.01. The molecule has 0 aliphatic heterocycles. The maximum Gasteiger partial charge on any atom is 0.162 e. The number of halogens is 2. The van der Waals surface area contributed by atoms with E-state index in [1.54, 1.807) is 0 Å². The van der Waals surface area contributed by atoms with Crippen molar-refractivity contribution < 1.29 is 18.3 Å². The quantitative estimate of drug-likeness (QED) is 0.746. The number of hydrogen-bond acceptors (Lipinski definition) is 2. The molecule has 0 bridgehead atoms. The zero-order valence-electron chi connectivity index (χ0n) is 7.93. The van der Waals surface area contributed by atoms with Crippen LogP contribution in [-0.2, 0) is 11.2 Å². The summed E-state index contributed by atoms with van der Waals surface area (Å²) in [5.74, 6) is -1.88. The Hall–Kier alpha value is -1.45. The van der Waals surface area contributed by atoms with Crippen LogP contribution in [0.1, 0.15) is 12.5 Å². The third-order valence-corrected chi connectivity index (χ3v) is 1.76. The van der Waals surface area contributed by atoms with Crippen LogP contribution in [0.2, 0.25) is 0 Å². The van der Waals surface area contributed by atoms with Gasteiger partial charge in [-0.05, 0) is 13.0 Å². The number of rotatable bonds is 3. The first-order chi connectivity index (χ1) is 6.54. The summed E-state index contributed by atoms with van der Waals surface area (Å²) >= 11 is 0. The molecule has 0 saturated carbocycles. The summed E-state index contributed by atoms with van der Waals surface area (Å²) in [7, 11) is 1.34. The minimum Gasteiger partial charge on any atom is -0.496 e. The average molecular weight is 200 g/mol. The van der Waals surface area contributed by atoms with Crippen LogP contribution in [0, 0.1) is 11.6 Å². The van der Waals surface area contributed by atoms with Crippen molar-refractivity contribution >= 4 is 5.78 Å². The molecule has 76 valence electrons. The van der Waals surface area contributed by atoms with E-state index in [1.807, 2.05) is 0 Å². The molecule has 0 radical (unpaired) electrons. The van der Waals surface area contributed by atoms with Crippen LogP contribution in [0.5, 0.6) is 5.75 Å². The van der Waals surface area contributed by atoms with Gasteiger partial charge >= 0.3 is 0 Å². The van der Waals surface area contributed by atoms with Gasteiger partial charge in [-0.25, -0.2) is 8.78 Å². The fourth-order valence-corrected chi connectivity index (χ4v) is 1.17. The lowest BCUT2D eigenvalue weighted by Gasteiger charge is -2.07. The number of benzene rings is 1. The van der Waals surface area contributed by atoms with Crippen molar-refractivity contribution in [3.8, 4) is 5.75 Å². The third-order valence-electron chi connectivity index (χ3n) is 1.76. The fraction of sp³-hybridized carbons (Fsp3) is 0.300. The first-order valence-electron chi connectivity index (χ1n) is 4.06. The zero-order chi connectivity index (χ0) is 10.7. The summed E-state index contributed by atoms with van der Waals surface area (Å²) in [5.41, 5.74) is 0.360. The highest BCUT2D eigenvalue weighted by Gasteiger charge is 2.11. The Morgan fingerprint density at radius 2 is 1.93 bits per heavy atom. The Morgan fingerprint density at radius 1 is 1.36 bits per heavy atom. The molecule has 0 spiro atoms. The van der Waals surface area contributed by atoms with Crippen molar-refractivity contribution in [3.05, 3.63) is 29.3 Å². The molecule has 4 heteroatoms. The van der Waals surface area contributed by atoms with Crippen LogP contribution in [-0.4, -0.2) is 12.9 Å². The Labute approximate surface area is 80.5 Å². The number of Topliss-reactive ketones (excluding diaryl/α,β-unsaturated/α-hetero) is 1. The summed E-state index contributed by atoms with van der Waals surface area (Å²) in [4.78, 5) is 10.8. The highest BCUT2D eigenvalue weighted by atomic mass is 19.2. The number of ketones is 1. The van der Waals surface area contributed by atoms with Gasteiger partial charge in [-0.15, -0.1) is 0 Å². The molecule has 0 heterocycles. The summed E-state index contributed by atoms with van der Waals surface area (Å²) in [5, 5.41) is 0. The maximum absolute atomic E-state index is 12.8. The minimum atomic E-state index is -0.978. The number of hydrogen-bond donors (Lipinski definition) is 0. The first-order valence-corrected chi connectivity index (χ1v) is 4.06. The Kier molecular flexibility index (Phi) is 3.17. The molecule has 1 aromatic rings. The van der Waals surface area contributed by atoms with Crippen molar-refractivity contribution in [1.82, 2.24) is 0 Å². The minimum absolute atomic E-state index is 0.0420. The zero-order valence-corrected chi connectivity index (χ0v) is 7.93. The lowest BCUT2D eigenvalue weighted by molar-refractivity contribution is -0.116. The van der Waals surface area contributed by atoms with Gasteiger partial charge in [-0.1, -0.05) is 0 Å². The SMILES string of the molecule is COc1cc(F)c(F)cc1CC(C)=O. The molecule has 0 unspecified atom stereocenters. The molecule has 14 heavy (non-hydrogen) atoms. The van der Waals surface area contributed by atoms with Crippen LogP contribution in [0.25, 0.3) is 0 Å². The van der Waals surface area contributed by atoms with Crippen molar-refractivity contribution in [1.29, 1.82) is 0 Å². The fourth-order valence-electron chi connectivity index (χ4n) is 1.17. The summed E-state index contributed by atoms with van der Waals surface area (Å²) < 4.78 is 30.4. The lowest BCUT2D eigenvalue weighted by atomic mass is 10.1. The molecule has 0 fully saturated rings. The van der Waals surface area contributed by atoms with Gasteiger partial charge in [0.2, 0.25) is 0 Å². The van der Waals surface area contributed by atoms with E-state index in [2.05, 4.69) is 0 Å². The van der Waals surface area contributed by atoms with E-state index in [0.717, 1.165) is 12.1 Å². The molecular formula is C10H10F2O2. The van der Waals surface area contributed by atoms with Gasteiger partial charge in [-0.2, -0.15) is 0 Å². The Balaban J connectivity index is 3.13. The van der Waals surface area contributed by atoms with Gasteiger partial charge in [0.1, 0.15) is 11.5 Å². The number of methoxy groups -OCH3 is 1. The average Bonchev–Trinajstić information content (AvgIpc) is 2.10. The molecular weight excluding hydrogens is 190 g/mol. The smallest absolute Gasteiger partial charge is 0.162 e. The third kappa shape index (κ3) is 2.28. The van der Waals surface area contributed by atoms with Crippen LogP contribution in [0.3, 0.4) is 0 Å². The van der Waals surface area contributed by atoms with E-state index in [4.69, 9.17) is 4.74 Å². The van der Waals surface area contributed by atoms with Crippen molar-refractivity contribution in [2.45, 2.75) is 13.3 Å². The molecule has 0 N–H and O–H groups in total. The Morgan fingerprint density at radius 3 is 2.43 bits per heavy atom. The maximum atomic E-state index is 12.8. The highest BCUT2D eigenvalue weighted by Crippen LogP contribution is 2.22. The van der Waals surface area contributed by atoms with E-state index in [-0.39, 0.29) is 18.0 Å². The second-order valence-electron chi connectivity index (χ2n) is 2.96. The highest BCUT2D eigenvalue weighted by molar-refractivity contribution is 5.78. The van der Waals surface area contributed by atoms with Crippen LogP contribution in [0.4, 0.5) is 8.78 Å². The van der Waals surface area contributed by atoms with Crippen LogP contribution >= 0.6 is 0 Å². The van der Waals surface area contributed by atoms with Crippen molar-refractivity contribution in [2.75, 3.05) is 7.11 Å². The number of carbonyl (C=O) groups is 1. The van der Waals surface area contributed by atoms with Gasteiger partial charge in [0, 0.05) is 18.1 Å². The standard InChI is InChI=1S/C10H10F2O2/c1-6(13)3-7-4-8(11)9(12)5-10(7)14-2/h4-5H,3H2,1-2H3. The second kappa shape index (κ2) is 4.17. The summed E-state index contributed by atoms with van der Waals surface area (Å²) in [6.45, 7) is 1.38. The molecule has 1 rings (SSSR count).